The molecule has 1 saturated carbocycles. The summed E-state index contributed by atoms with van der Waals surface area (Å²) in [4.78, 5) is 0. The predicted octanol–water partition coefficient (Wildman–Crippen LogP) is 3.93. The van der Waals surface area contributed by atoms with Gasteiger partial charge in [-0.25, -0.2) is 0 Å². The van der Waals surface area contributed by atoms with Crippen LogP contribution in [0.2, 0.25) is 0 Å². The summed E-state index contributed by atoms with van der Waals surface area (Å²) in [5, 5.41) is 3.49. The lowest BCUT2D eigenvalue weighted by molar-refractivity contribution is 0.176. The summed E-state index contributed by atoms with van der Waals surface area (Å²) >= 11 is 0. The molecule has 0 amide bonds. The van der Waals surface area contributed by atoms with Gasteiger partial charge in [0.1, 0.15) is 0 Å². The topological polar surface area (TPSA) is 30.5 Å². The molecule has 1 fully saturated rings. The summed E-state index contributed by atoms with van der Waals surface area (Å²) in [5.41, 5.74) is 1.24. The quantitative estimate of drug-likeness (QED) is 0.781. The summed E-state index contributed by atoms with van der Waals surface area (Å²) in [5.74, 6) is 2.45. The smallest absolute Gasteiger partial charge is 0.161 e. The number of benzene rings is 1. The van der Waals surface area contributed by atoms with Crippen molar-refractivity contribution >= 4 is 0 Å². The van der Waals surface area contributed by atoms with Crippen molar-refractivity contribution < 1.29 is 9.47 Å². The molecular formula is C17H27NO2. The molecule has 0 aliphatic heterocycles. The van der Waals surface area contributed by atoms with Gasteiger partial charge in [-0.1, -0.05) is 19.4 Å². The van der Waals surface area contributed by atoms with E-state index in [1.165, 1.54) is 24.8 Å². The van der Waals surface area contributed by atoms with Crippen LogP contribution in [0.1, 0.15) is 51.1 Å². The second-order valence-corrected chi connectivity index (χ2v) is 5.69. The number of nitrogens with one attached hydrogen (secondary N) is 1. The second kappa shape index (κ2) is 7.53. The fourth-order valence-corrected chi connectivity index (χ4v) is 2.42. The number of methoxy groups -OCH3 is 1. The molecule has 112 valence electrons. The SMILES string of the molecule is CCCNC(C)c1ccc(OCC2CCC2)c(OC)c1. The van der Waals surface area contributed by atoms with Crippen molar-refractivity contribution in [1.82, 2.24) is 5.32 Å². The molecule has 1 aliphatic rings. The van der Waals surface area contributed by atoms with Crippen LogP contribution in [0.25, 0.3) is 0 Å². The van der Waals surface area contributed by atoms with Gasteiger partial charge in [0.25, 0.3) is 0 Å². The van der Waals surface area contributed by atoms with E-state index in [1.54, 1.807) is 7.11 Å². The van der Waals surface area contributed by atoms with Crippen LogP contribution in [0.15, 0.2) is 18.2 Å². The lowest BCUT2D eigenvalue weighted by atomic mass is 9.86. The zero-order valence-electron chi connectivity index (χ0n) is 12.9. The fraction of sp³-hybridized carbons (Fsp3) is 0.647. The number of ether oxygens (including phenoxy) is 2. The van der Waals surface area contributed by atoms with Crippen molar-refractivity contribution in [3.05, 3.63) is 23.8 Å². The van der Waals surface area contributed by atoms with Gasteiger partial charge in [-0.2, -0.15) is 0 Å². The van der Waals surface area contributed by atoms with Crippen LogP contribution in [-0.2, 0) is 0 Å². The van der Waals surface area contributed by atoms with E-state index >= 15 is 0 Å². The van der Waals surface area contributed by atoms with E-state index in [4.69, 9.17) is 9.47 Å². The third-order valence-corrected chi connectivity index (χ3v) is 4.09. The fourth-order valence-electron chi connectivity index (χ4n) is 2.42. The Labute approximate surface area is 122 Å². The molecule has 0 bridgehead atoms. The van der Waals surface area contributed by atoms with Gasteiger partial charge < -0.3 is 14.8 Å². The van der Waals surface area contributed by atoms with Crippen molar-refractivity contribution in [1.29, 1.82) is 0 Å². The molecule has 1 N–H and O–H groups in total. The molecule has 3 heteroatoms. The van der Waals surface area contributed by atoms with E-state index in [0.717, 1.165) is 37.0 Å². The largest absolute Gasteiger partial charge is 0.493 e. The predicted molar refractivity (Wildman–Crippen MR) is 82.5 cm³/mol. The average Bonchev–Trinajstić information content (AvgIpc) is 2.43. The maximum Gasteiger partial charge on any atom is 0.161 e. The highest BCUT2D eigenvalue weighted by atomic mass is 16.5. The van der Waals surface area contributed by atoms with Gasteiger partial charge in [-0.05, 0) is 56.3 Å². The van der Waals surface area contributed by atoms with Crippen molar-refractivity contribution in [2.24, 2.45) is 5.92 Å². The minimum absolute atomic E-state index is 0.338. The Balaban J connectivity index is 1.98. The molecule has 0 spiro atoms. The molecule has 1 aromatic rings. The standard InChI is InChI=1S/C17H27NO2/c1-4-10-18-13(2)15-8-9-16(17(11-15)19-3)20-12-14-6-5-7-14/h8-9,11,13-14,18H,4-7,10,12H2,1-3H3. The summed E-state index contributed by atoms with van der Waals surface area (Å²) in [6.07, 6.45) is 5.10. The first-order chi connectivity index (χ1) is 9.74. The van der Waals surface area contributed by atoms with E-state index < -0.39 is 0 Å². The molecule has 1 aliphatic carbocycles. The maximum atomic E-state index is 5.90. The van der Waals surface area contributed by atoms with Gasteiger partial charge in [-0.3, -0.25) is 0 Å². The van der Waals surface area contributed by atoms with Crippen LogP contribution in [0.5, 0.6) is 11.5 Å². The Hall–Kier alpha value is -1.22. The van der Waals surface area contributed by atoms with E-state index in [0.29, 0.717) is 6.04 Å². The van der Waals surface area contributed by atoms with Gasteiger partial charge in [-0.15, -0.1) is 0 Å². The van der Waals surface area contributed by atoms with Crippen LogP contribution in [0.4, 0.5) is 0 Å². The lowest BCUT2D eigenvalue weighted by Gasteiger charge is -2.25. The van der Waals surface area contributed by atoms with Crippen LogP contribution in [-0.4, -0.2) is 20.3 Å². The molecule has 2 rings (SSSR count). The highest BCUT2D eigenvalue weighted by Crippen LogP contribution is 2.33. The van der Waals surface area contributed by atoms with E-state index in [9.17, 15) is 0 Å². The van der Waals surface area contributed by atoms with Gasteiger partial charge in [0.05, 0.1) is 13.7 Å². The van der Waals surface area contributed by atoms with Gasteiger partial charge >= 0.3 is 0 Å². The molecule has 1 aromatic carbocycles. The van der Waals surface area contributed by atoms with Crippen LogP contribution < -0.4 is 14.8 Å². The average molecular weight is 277 g/mol. The Morgan fingerprint density at radius 1 is 1.30 bits per heavy atom. The Morgan fingerprint density at radius 3 is 2.70 bits per heavy atom. The van der Waals surface area contributed by atoms with Gasteiger partial charge in [0.2, 0.25) is 0 Å². The monoisotopic (exact) mass is 277 g/mol. The zero-order chi connectivity index (χ0) is 14.4. The van der Waals surface area contributed by atoms with Crippen molar-refractivity contribution in [2.75, 3.05) is 20.3 Å². The number of rotatable bonds is 8. The number of hydrogen-bond donors (Lipinski definition) is 1. The Kier molecular flexibility index (Phi) is 5.72. The third kappa shape index (κ3) is 3.89. The highest BCUT2D eigenvalue weighted by molar-refractivity contribution is 5.43. The molecular weight excluding hydrogens is 250 g/mol. The molecule has 0 radical (unpaired) electrons. The van der Waals surface area contributed by atoms with Gasteiger partial charge in [0.15, 0.2) is 11.5 Å². The van der Waals surface area contributed by atoms with E-state index in [-0.39, 0.29) is 0 Å². The first kappa shape index (κ1) is 15.2. The zero-order valence-corrected chi connectivity index (χ0v) is 12.9. The molecule has 1 unspecified atom stereocenters. The Morgan fingerprint density at radius 2 is 2.10 bits per heavy atom. The van der Waals surface area contributed by atoms with E-state index in [2.05, 4.69) is 31.3 Å². The molecule has 0 aromatic heterocycles. The first-order valence-electron chi connectivity index (χ1n) is 7.78. The molecule has 1 atom stereocenters. The summed E-state index contributed by atoms with van der Waals surface area (Å²) < 4.78 is 11.4. The van der Waals surface area contributed by atoms with E-state index in [1.807, 2.05) is 6.07 Å². The lowest BCUT2D eigenvalue weighted by Crippen LogP contribution is -2.20. The van der Waals surface area contributed by atoms with Gasteiger partial charge in [0, 0.05) is 6.04 Å². The van der Waals surface area contributed by atoms with Crippen molar-refractivity contribution in [3.8, 4) is 11.5 Å². The first-order valence-corrected chi connectivity index (χ1v) is 7.78. The number of hydrogen-bond acceptors (Lipinski definition) is 3. The molecule has 0 saturated heterocycles. The van der Waals surface area contributed by atoms with Crippen LogP contribution >= 0.6 is 0 Å². The Bertz CT molecular complexity index is 415. The highest BCUT2D eigenvalue weighted by Gasteiger charge is 2.19. The summed E-state index contributed by atoms with van der Waals surface area (Å²) in [6.45, 7) is 6.21. The minimum atomic E-state index is 0.338. The van der Waals surface area contributed by atoms with Crippen molar-refractivity contribution in [3.63, 3.8) is 0 Å². The second-order valence-electron chi connectivity index (χ2n) is 5.69. The molecule has 3 nitrogen and oxygen atoms in total. The molecule has 0 heterocycles. The minimum Gasteiger partial charge on any atom is -0.493 e. The van der Waals surface area contributed by atoms with Crippen LogP contribution in [0.3, 0.4) is 0 Å². The maximum absolute atomic E-state index is 5.90. The third-order valence-electron chi connectivity index (χ3n) is 4.09. The van der Waals surface area contributed by atoms with Crippen molar-refractivity contribution in [2.45, 2.75) is 45.6 Å². The summed E-state index contributed by atoms with van der Waals surface area (Å²) in [7, 11) is 1.71. The normalized spacial score (nSPS) is 16.6. The summed E-state index contributed by atoms with van der Waals surface area (Å²) in [6, 6.07) is 6.59. The van der Waals surface area contributed by atoms with Crippen LogP contribution in [0, 0.1) is 5.92 Å². The molecule has 20 heavy (non-hydrogen) atoms.